The van der Waals surface area contributed by atoms with Crippen molar-refractivity contribution in [1.29, 1.82) is 5.26 Å². The van der Waals surface area contributed by atoms with E-state index in [1.165, 1.54) is 6.07 Å². The molecule has 50 valence electrons. The highest BCUT2D eigenvalue weighted by molar-refractivity contribution is 5.68. The van der Waals surface area contributed by atoms with E-state index >= 15 is 0 Å². The largest absolute Gasteiger partial charge is 0.481 e. The molecule has 0 spiro atoms. The van der Waals surface area contributed by atoms with E-state index in [0.717, 1.165) is 0 Å². The molecule has 0 aromatic heterocycles. The Bertz CT molecular complexity index is 158. The number of hydrogen-bond acceptors (Lipinski definition) is 4. The Morgan fingerprint density at radius 1 is 1.78 bits per heavy atom. The number of carboxylic acid groups (broad SMARTS) is 1. The molecular weight excluding hydrogens is 122 g/mol. The first-order valence-corrected chi connectivity index (χ1v) is 2.19. The number of carbonyl (C=O) groups is 1. The van der Waals surface area contributed by atoms with Crippen LogP contribution in [-0.4, -0.2) is 16.7 Å². The maximum atomic E-state index is 9.86. The second-order valence-corrected chi connectivity index (χ2v) is 1.72. The van der Waals surface area contributed by atoms with Gasteiger partial charge in [-0.05, 0) is 0 Å². The molecule has 0 aromatic carbocycles. The number of nitrogens with two attached hydrogens (primary N) is 2. The highest BCUT2D eigenvalue weighted by atomic mass is 16.4. The molecule has 0 saturated heterocycles. The van der Waals surface area contributed by atoms with Crippen molar-refractivity contribution in [2.24, 2.45) is 11.5 Å². The molecular formula is C4H7N3O2. The zero-order valence-electron chi connectivity index (χ0n) is 4.66. The molecule has 0 atom stereocenters. The summed E-state index contributed by atoms with van der Waals surface area (Å²) in [7, 11) is 0. The van der Waals surface area contributed by atoms with Gasteiger partial charge < -0.3 is 16.6 Å². The van der Waals surface area contributed by atoms with Crippen LogP contribution in [0.15, 0.2) is 0 Å². The predicted octanol–water partition coefficient (Wildman–Crippen LogP) is -1.40. The lowest BCUT2D eigenvalue weighted by Gasteiger charge is -2.10. The molecule has 0 unspecified atom stereocenters. The van der Waals surface area contributed by atoms with Crippen LogP contribution in [0.25, 0.3) is 0 Å². The van der Waals surface area contributed by atoms with Crippen LogP contribution in [-0.2, 0) is 4.79 Å². The number of rotatable bonds is 2. The lowest BCUT2D eigenvalue weighted by molar-refractivity contribution is -0.137. The van der Waals surface area contributed by atoms with Crippen LogP contribution in [0, 0.1) is 11.3 Å². The van der Waals surface area contributed by atoms with E-state index in [1.54, 1.807) is 0 Å². The average Bonchev–Trinajstić information content (AvgIpc) is 1.63. The van der Waals surface area contributed by atoms with Gasteiger partial charge in [0.15, 0.2) is 5.66 Å². The minimum atomic E-state index is -1.73. The van der Waals surface area contributed by atoms with Gasteiger partial charge in [-0.3, -0.25) is 4.79 Å². The number of hydrogen-bond donors (Lipinski definition) is 3. The quantitative estimate of drug-likeness (QED) is 0.397. The van der Waals surface area contributed by atoms with Crippen molar-refractivity contribution in [2.75, 3.05) is 0 Å². The number of aliphatic carboxylic acids is 1. The highest BCUT2D eigenvalue weighted by Gasteiger charge is 2.21. The fourth-order valence-electron chi connectivity index (χ4n) is 0.290. The Labute approximate surface area is 51.9 Å². The van der Waals surface area contributed by atoms with E-state index in [2.05, 4.69) is 0 Å². The van der Waals surface area contributed by atoms with Gasteiger partial charge in [0.2, 0.25) is 0 Å². The number of nitrogens with zero attached hydrogens (tertiary/aromatic N) is 1. The van der Waals surface area contributed by atoms with Crippen LogP contribution in [0.1, 0.15) is 6.42 Å². The monoisotopic (exact) mass is 129 g/mol. The van der Waals surface area contributed by atoms with E-state index in [4.69, 9.17) is 21.8 Å². The summed E-state index contributed by atoms with van der Waals surface area (Å²) in [5.41, 5.74) is 8.18. The van der Waals surface area contributed by atoms with Crippen molar-refractivity contribution in [1.82, 2.24) is 0 Å². The summed E-state index contributed by atoms with van der Waals surface area (Å²) in [4.78, 5) is 9.86. The van der Waals surface area contributed by atoms with Crippen molar-refractivity contribution >= 4 is 5.97 Å². The van der Waals surface area contributed by atoms with Gasteiger partial charge in [-0.1, -0.05) is 0 Å². The van der Waals surface area contributed by atoms with E-state index in [0.29, 0.717) is 0 Å². The van der Waals surface area contributed by atoms with Crippen LogP contribution >= 0.6 is 0 Å². The predicted molar refractivity (Wildman–Crippen MR) is 29.0 cm³/mol. The molecule has 0 aromatic rings. The molecule has 0 radical (unpaired) electrons. The van der Waals surface area contributed by atoms with Crippen molar-refractivity contribution < 1.29 is 9.90 Å². The molecule has 0 aliphatic heterocycles. The first-order valence-electron chi connectivity index (χ1n) is 2.19. The third-order valence-electron chi connectivity index (χ3n) is 0.652. The van der Waals surface area contributed by atoms with E-state index in [9.17, 15) is 4.79 Å². The minimum Gasteiger partial charge on any atom is -0.481 e. The van der Waals surface area contributed by atoms with Crippen molar-refractivity contribution in [2.45, 2.75) is 12.1 Å². The molecule has 5 nitrogen and oxygen atoms in total. The van der Waals surface area contributed by atoms with Gasteiger partial charge in [0.25, 0.3) is 0 Å². The molecule has 9 heavy (non-hydrogen) atoms. The van der Waals surface area contributed by atoms with Gasteiger partial charge in [-0.15, -0.1) is 0 Å². The summed E-state index contributed by atoms with van der Waals surface area (Å²) >= 11 is 0. The van der Waals surface area contributed by atoms with Crippen LogP contribution in [0.4, 0.5) is 0 Å². The molecule has 0 bridgehead atoms. The van der Waals surface area contributed by atoms with Gasteiger partial charge in [0, 0.05) is 0 Å². The molecule has 0 saturated carbocycles. The minimum absolute atomic E-state index is 0.538. The first kappa shape index (κ1) is 7.88. The number of nitriles is 1. The molecule has 5 heteroatoms. The van der Waals surface area contributed by atoms with Gasteiger partial charge in [0.05, 0.1) is 6.42 Å². The topological polar surface area (TPSA) is 113 Å². The summed E-state index contributed by atoms with van der Waals surface area (Å²) in [5, 5.41) is 16.1. The number of carboxylic acids is 1. The Balaban J connectivity index is 3.91. The lowest BCUT2D eigenvalue weighted by Crippen LogP contribution is -2.49. The summed E-state index contributed by atoms with van der Waals surface area (Å²) in [6.45, 7) is 0. The second-order valence-electron chi connectivity index (χ2n) is 1.72. The molecule has 0 aliphatic carbocycles. The van der Waals surface area contributed by atoms with Crippen molar-refractivity contribution in [3.63, 3.8) is 0 Å². The highest BCUT2D eigenvalue weighted by Crippen LogP contribution is 1.93. The molecule has 0 fully saturated rings. The van der Waals surface area contributed by atoms with Crippen LogP contribution in [0.3, 0.4) is 0 Å². The Hall–Kier alpha value is -1.12. The van der Waals surface area contributed by atoms with Crippen LogP contribution in [0.2, 0.25) is 0 Å². The zero-order valence-corrected chi connectivity index (χ0v) is 4.66. The first-order chi connectivity index (χ1) is 3.98. The fraction of sp³-hybridized carbons (Fsp3) is 0.500. The van der Waals surface area contributed by atoms with Crippen molar-refractivity contribution in [3.05, 3.63) is 0 Å². The van der Waals surface area contributed by atoms with Gasteiger partial charge in [0.1, 0.15) is 6.07 Å². The van der Waals surface area contributed by atoms with Crippen molar-refractivity contribution in [3.8, 4) is 6.07 Å². The van der Waals surface area contributed by atoms with Gasteiger partial charge >= 0.3 is 5.97 Å². The maximum absolute atomic E-state index is 9.86. The van der Waals surface area contributed by atoms with E-state index in [-0.39, 0.29) is 0 Å². The molecule has 0 heterocycles. The summed E-state index contributed by atoms with van der Waals surface area (Å²) in [6, 6.07) is 1.45. The molecule has 5 N–H and O–H groups in total. The Kier molecular flexibility index (Phi) is 2.13. The summed E-state index contributed by atoms with van der Waals surface area (Å²) in [6.07, 6.45) is -0.538. The van der Waals surface area contributed by atoms with Gasteiger partial charge in [-0.2, -0.15) is 5.26 Å². The van der Waals surface area contributed by atoms with Crippen LogP contribution in [0.5, 0.6) is 0 Å². The maximum Gasteiger partial charge on any atom is 0.307 e. The van der Waals surface area contributed by atoms with E-state index < -0.39 is 18.1 Å². The van der Waals surface area contributed by atoms with E-state index in [1.807, 2.05) is 0 Å². The smallest absolute Gasteiger partial charge is 0.307 e. The second kappa shape index (κ2) is 2.44. The molecule has 0 aliphatic rings. The fourth-order valence-corrected chi connectivity index (χ4v) is 0.290. The lowest BCUT2D eigenvalue weighted by atomic mass is 10.1. The van der Waals surface area contributed by atoms with Crippen LogP contribution < -0.4 is 11.5 Å². The van der Waals surface area contributed by atoms with Gasteiger partial charge in [-0.25, -0.2) is 0 Å². The normalized spacial score (nSPS) is 10.3. The summed E-state index contributed by atoms with van der Waals surface area (Å²) in [5.74, 6) is -1.18. The zero-order chi connectivity index (χ0) is 7.49. The molecule has 0 amide bonds. The Morgan fingerprint density at radius 2 is 2.22 bits per heavy atom. The average molecular weight is 129 g/mol. The SMILES string of the molecule is N#CC(N)(N)CC(=O)O. The summed E-state index contributed by atoms with van der Waals surface area (Å²) < 4.78 is 0. The Morgan fingerprint density at radius 3 is 2.33 bits per heavy atom. The third-order valence-corrected chi connectivity index (χ3v) is 0.652. The molecule has 0 rings (SSSR count). The standard InChI is InChI=1S/C4H7N3O2/c5-2-4(6,7)1-3(8)9/h1,6-7H2,(H,8,9). The third kappa shape index (κ3) is 3.46.